The van der Waals surface area contributed by atoms with Crippen LogP contribution in [0.15, 0.2) is 145 Å². The zero-order valence-corrected chi connectivity index (χ0v) is 20.3. The molecule has 4 aromatic rings. The van der Waals surface area contributed by atoms with Crippen molar-refractivity contribution in [3.05, 3.63) is 140 Å². The molecule has 0 aliphatic carbocycles. The molecule has 0 unspecified atom stereocenters. The quantitative estimate of drug-likeness (QED) is 0.126. The Morgan fingerprint density at radius 1 is 0.824 bits per heavy atom. The van der Waals surface area contributed by atoms with Crippen molar-refractivity contribution in [2.24, 2.45) is 4.99 Å². The molecule has 0 spiro atoms. The van der Waals surface area contributed by atoms with E-state index in [9.17, 15) is 0 Å². The topological polar surface area (TPSA) is 24.4 Å². The molecule has 1 N–H and O–H groups in total. The van der Waals surface area contributed by atoms with E-state index in [1.54, 1.807) is 0 Å². The number of fused-ring (bicyclic) bond motifs is 1. The van der Waals surface area contributed by atoms with E-state index >= 15 is 0 Å². The van der Waals surface area contributed by atoms with E-state index in [-0.39, 0.29) is 0 Å². The van der Waals surface area contributed by atoms with Crippen LogP contribution in [0.2, 0.25) is 0 Å². The van der Waals surface area contributed by atoms with Crippen LogP contribution in [0.3, 0.4) is 0 Å². The molecule has 168 valence electrons. The summed E-state index contributed by atoms with van der Waals surface area (Å²) in [5.41, 5.74) is 3.08. The van der Waals surface area contributed by atoms with E-state index in [2.05, 4.69) is 121 Å². The summed E-state index contributed by atoms with van der Waals surface area (Å²) >= 11 is 0. The largest absolute Gasteiger partial charge is 0.340 e. The van der Waals surface area contributed by atoms with E-state index in [1.807, 2.05) is 25.2 Å². The fourth-order valence-electron chi connectivity index (χ4n) is 3.68. The number of hydrogen-bond acceptors (Lipinski definition) is 1. The first-order valence-corrected chi connectivity index (χ1v) is 12.8. The number of nitrogens with zero attached hydrogens (tertiary/aromatic N) is 1. The van der Waals surface area contributed by atoms with Gasteiger partial charge in [-0.25, -0.2) is 0 Å². The molecule has 34 heavy (non-hydrogen) atoms. The SMILES string of the molecule is C=C/C(=C\C=C/C)CN=C(Nc1ccc2ccccc2c1)P(c1ccccc1)c1ccccc1. The van der Waals surface area contributed by atoms with Gasteiger partial charge in [-0.05, 0) is 46.0 Å². The number of amidine groups is 1. The minimum Gasteiger partial charge on any atom is -0.340 e. The first-order valence-electron chi connectivity index (χ1n) is 11.4. The number of benzene rings is 4. The van der Waals surface area contributed by atoms with Crippen molar-refractivity contribution in [1.29, 1.82) is 0 Å². The highest BCUT2D eigenvalue weighted by Gasteiger charge is 2.21. The standard InChI is InChI=1S/C31H29N2P/c1-3-5-14-25(4-2)24-32-31(33-28-22-21-26-15-12-13-16-27(26)23-28)34(29-17-8-6-9-18-29)30-19-10-7-11-20-30/h3-23H,2,24H2,1H3,(H,32,33)/b5-3-,25-14+. The van der Waals surface area contributed by atoms with Crippen molar-refractivity contribution in [2.75, 3.05) is 11.9 Å². The number of rotatable bonds is 8. The van der Waals surface area contributed by atoms with Crippen LogP contribution in [0.5, 0.6) is 0 Å². The molecule has 0 aromatic heterocycles. The Labute approximate surface area is 203 Å². The zero-order valence-electron chi connectivity index (χ0n) is 19.4. The van der Waals surface area contributed by atoms with Crippen LogP contribution >= 0.6 is 7.92 Å². The summed E-state index contributed by atoms with van der Waals surface area (Å²) in [4.78, 5) is 5.14. The highest BCUT2D eigenvalue weighted by atomic mass is 31.1. The predicted molar refractivity (Wildman–Crippen MR) is 152 cm³/mol. The lowest BCUT2D eigenvalue weighted by Crippen LogP contribution is -2.24. The number of aliphatic imine (C=N–C) groups is 1. The maximum Gasteiger partial charge on any atom is 0.133 e. The second kappa shape index (κ2) is 11.9. The normalized spacial score (nSPS) is 12.4. The Bertz CT molecular complexity index is 1280. The lowest BCUT2D eigenvalue weighted by atomic mass is 10.1. The average molecular weight is 461 g/mol. The van der Waals surface area contributed by atoms with Gasteiger partial charge in [0.05, 0.1) is 6.54 Å². The highest BCUT2D eigenvalue weighted by molar-refractivity contribution is 7.88. The monoisotopic (exact) mass is 460 g/mol. The van der Waals surface area contributed by atoms with Crippen LogP contribution in [-0.2, 0) is 0 Å². The number of nitrogens with one attached hydrogen (secondary N) is 1. The van der Waals surface area contributed by atoms with Gasteiger partial charge in [0.15, 0.2) is 0 Å². The van der Waals surface area contributed by atoms with Gasteiger partial charge in [-0.2, -0.15) is 0 Å². The summed E-state index contributed by atoms with van der Waals surface area (Å²) < 4.78 is 0. The third kappa shape index (κ3) is 5.98. The number of hydrogen-bond donors (Lipinski definition) is 1. The maximum absolute atomic E-state index is 5.14. The Morgan fingerprint density at radius 2 is 1.44 bits per heavy atom. The first-order chi connectivity index (χ1) is 16.8. The van der Waals surface area contributed by atoms with Gasteiger partial charge in [0.2, 0.25) is 0 Å². The van der Waals surface area contributed by atoms with Crippen molar-refractivity contribution in [2.45, 2.75) is 6.92 Å². The summed E-state index contributed by atoms with van der Waals surface area (Å²) in [6.45, 7) is 6.55. The van der Waals surface area contributed by atoms with E-state index in [0.717, 1.165) is 16.8 Å². The molecule has 0 saturated heterocycles. The molecule has 0 fully saturated rings. The van der Waals surface area contributed by atoms with E-state index in [1.165, 1.54) is 21.4 Å². The number of allylic oxidation sites excluding steroid dienone is 3. The minimum atomic E-state index is -0.870. The molecule has 3 heteroatoms. The van der Waals surface area contributed by atoms with Gasteiger partial charge in [0.1, 0.15) is 5.58 Å². The Hall–Kier alpha value is -3.74. The highest BCUT2D eigenvalue weighted by Crippen LogP contribution is 2.36. The third-order valence-corrected chi connectivity index (χ3v) is 7.73. The van der Waals surface area contributed by atoms with E-state index < -0.39 is 7.92 Å². The van der Waals surface area contributed by atoms with E-state index in [4.69, 9.17) is 4.99 Å². The average Bonchev–Trinajstić information content (AvgIpc) is 2.90. The summed E-state index contributed by atoms with van der Waals surface area (Å²) in [5, 5.41) is 8.65. The third-order valence-electron chi connectivity index (χ3n) is 5.42. The molecule has 0 aliphatic heterocycles. The summed E-state index contributed by atoms with van der Waals surface area (Å²) in [7, 11) is -0.870. The molecular formula is C31H29N2P. The summed E-state index contributed by atoms with van der Waals surface area (Å²) in [6.07, 6.45) is 7.99. The number of anilines is 1. The van der Waals surface area contributed by atoms with Crippen LogP contribution in [0.4, 0.5) is 5.69 Å². The zero-order chi connectivity index (χ0) is 23.6. The molecular weight excluding hydrogens is 431 g/mol. The van der Waals surface area contributed by atoms with Crippen LogP contribution in [0.25, 0.3) is 10.8 Å². The van der Waals surface area contributed by atoms with Crippen LogP contribution in [0, 0.1) is 0 Å². The maximum atomic E-state index is 5.14. The Morgan fingerprint density at radius 3 is 2.06 bits per heavy atom. The van der Waals surface area contributed by atoms with Gasteiger partial charge in [-0.15, -0.1) is 0 Å². The molecule has 0 amide bonds. The fourth-order valence-corrected chi connectivity index (χ4v) is 5.86. The second-order valence-electron chi connectivity index (χ2n) is 7.80. The van der Waals surface area contributed by atoms with Crippen molar-refractivity contribution >= 4 is 40.6 Å². The molecule has 0 saturated carbocycles. The first kappa shape index (κ1) is 23.4. The lowest BCUT2D eigenvalue weighted by Gasteiger charge is -2.22. The van der Waals surface area contributed by atoms with E-state index in [0.29, 0.717) is 6.54 Å². The van der Waals surface area contributed by atoms with Crippen LogP contribution in [-0.4, -0.2) is 12.1 Å². The van der Waals surface area contributed by atoms with Gasteiger partial charge in [0, 0.05) is 13.6 Å². The van der Waals surface area contributed by atoms with Crippen LogP contribution < -0.4 is 15.9 Å². The van der Waals surface area contributed by atoms with Gasteiger partial charge in [0.25, 0.3) is 0 Å². The van der Waals surface area contributed by atoms with Gasteiger partial charge in [-0.1, -0.05) is 122 Å². The van der Waals surface area contributed by atoms with Gasteiger partial charge < -0.3 is 5.32 Å². The van der Waals surface area contributed by atoms with Crippen molar-refractivity contribution in [3.63, 3.8) is 0 Å². The van der Waals surface area contributed by atoms with Gasteiger partial charge in [-0.3, -0.25) is 4.99 Å². The minimum absolute atomic E-state index is 0.558. The molecule has 4 rings (SSSR count). The lowest BCUT2D eigenvalue weighted by molar-refractivity contribution is 1.19. The van der Waals surface area contributed by atoms with Crippen molar-refractivity contribution in [3.8, 4) is 0 Å². The second-order valence-corrected chi connectivity index (χ2v) is 9.93. The van der Waals surface area contributed by atoms with Gasteiger partial charge >= 0.3 is 0 Å². The Balaban J connectivity index is 1.80. The summed E-state index contributed by atoms with van der Waals surface area (Å²) in [5.74, 6) is 0. The Kier molecular flexibility index (Phi) is 8.22. The predicted octanol–water partition coefficient (Wildman–Crippen LogP) is 7.43. The molecule has 0 atom stereocenters. The molecule has 4 aromatic carbocycles. The molecule has 0 bridgehead atoms. The summed E-state index contributed by atoms with van der Waals surface area (Å²) in [6, 6.07) is 36.2. The molecule has 0 heterocycles. The fraction of sp³-hybridized carbons (Fsp3) is 0.0645. The molecule has 0 aliphatic rings. The van der Waals surface area contributed by atoms with Crippen molar-refractivity contribution in [1.82, 2.24) is 0 Å². The molecule has 2 nitrogen and oxygen atoms in total. The molecule has 0 radical (unpaired) electrons. The van der Waals surface area contributed by atoms with Crippen molar-refractivity contribution < 1.29 is 0 Å². The van der Waals surface area contributed by atoms with Crippen LogP contribution in [0.1, 0.15) is 6.92 Å². The smallest absolute Gasteiger partial charge is 0.133 e.